The molecule has 0 aliphatic heterocycles. The van der Waals surface area contributed by atoms with Gasteiger partial charge in [0.25, 0.3) is 11.5 Å². The Morgan fingerprint density at radius 1 is 1.41 bits per heavy atom. The molecule has 0 aromatic carbocycles. The van der Waals surface area contributed by atoms with Crippen molar-refractivity contribution in [3.8, 4) is 0 Å². The van der Waals surface area contributed by atoms with Gasteiger partial charge in [0.05, 0.1) is 0 Å². The second-order valence-electron chi connectivity index (χ2n) is 4.36. The molecule has 1 aliphatic carbocycles. The number of carbonyl (C=O) groups excluding carboxylic acids is 1. The van der Waals surface area contributed by atoms with Crippen molar-refractivity contribution in [3.05, 3.63) is 28.4 Å². The van der Waals surface area contributed by atoms with Gasteiger partial charge in [-0.15, -0.1) is 0 Å². The van der Waals surface area contributed by atoms with E-state index in [4.69, 9.17) is 0 Å². The van der Waals surface area contributed by atoms with E-state index in [1.165, 1.54) is 19.7 Å². The van der Waals surface area contributed by atoms with Crippen molar-refractivity contribution >= 4 is 5.91 Å². The van der Waals surface area contributed by atoms with Crippen LogP contribution in [0, 0.1) is 0 Å². The Balaban J connectivity index is 2.34. The zero-order valence-corrected chi connectivity index (χ0v) is 9.98. The monoisotopic (exact) mass is 235 g/mol. The van der Waals surface area contributed by atoms with Crippen molar-refractivity contribution in [2.75, 3.05) is 7.05 Å². The smallest absolute Gasteiger partial charge is 0.282 e. The molecule has 2 rings (SSSR count). The van der Waals surface area contributed by atoms with E-state index in [1.807, 2.05) is 0 Å². The fraction of sp³-hybridized carbons (Fsp3) is 0.583. The molecule has 0 spiro atoms. The molecule has 1 N–H and O–H groups in total. The number of nitrogens with zero attached hydrogens (tertiary/aromatic N) is 2. The topological polar surface area (TPSA) is 64.0 Å². The average molecular weight is 235 g/mol. The van der Waals surface area contributed by atoms with Crippen molar-refractivity contribution in [1.82, 2.24) is 14.9 Å². The highest BCUT2D eigenvalue weighted by Gasteiger charge is 2.19. The Kier molecular flexibility index (Phi) is 3.56. The van der Waals surface area contributed by atoms with Gasteiger partial charge in [0, 0.05) is 25.5 Å². The normalized spacial score (nSPS) is 16.8. The van der Waals surface area contributed by atoms with Gasteiger partial charge >= 0.3 is 0 Å². The zero-order valence-electron chi connectivity index (χ0n) is 9.98. The molecule has 1 heterocycles. The van der Waals surface area contributed by atoms with Crippen molar-refractivity contribution in [2.45, 2.75) is 38.1 Å². The third-order valence-corrected chi connectivity index (χ3v) is 3.28. The van der Waals surface area contributed by atoms with Crippen LogP contribution in [0.5, 0.6) is 0 Å². The van der Waals surface area contributed by atoms with E-state index in [0.717, 1.165) is 25.7 Å². The molecule has 1 amide bonds. The molecule has 1 aliphatic rings. The number of rotatable bonds is 2. The van der Waals surface area contributed by atoms with Gasteiger partial charge in [-0.1, -0.05) is 19.3 Å². The van der Waals surface area contributed by atoms with Gasteiger partial charge in [-0.2, -0.15) is 0 Å². The number of hydrogen-bond donors (Lipinski definition) is 1. The van der Waals surface area contributed by atoms with Gasteiger partial charge < -0.3 is 9.88 Å². The van der Waals surface area contributed by atoms with E-state index < -0.39 is 5.91 Å². The molecule has 1 aromatic heterocycles. The van der Waals surface area contributed by atoms with E-state index >= 15 is 0 Å². The lowest BCUT2D eigenvalue weighted by molar-refractivity contribution is 0.0955. The number of aromatic nitrogens is 2. The summed E-state index contributed by atoms with van der Waals surface area (Å²) in [6, 6.07) is 0.225. The lowest BCUT2D eigenvalue weighted by Gasteiger charge is -2.23. The average Bonchev–Trinajstić information content (AvgIpc) is 2.39. The maximum absolute atomic E-state index is 12.1. The first-order chi connectivity index (χ1) is 8.24. The Labute approximate surface area is 99.9 Å². The van der Waals surface area contributed by atoms with Crippen LogP contribution in [0.2, 0.25) is 0 Å². The van der Waals surface area contributed by atoms with E-state index in [1.54, 1.807) is 10.8 Å². The predicted octanol–water partition coefficient (Wildman–Crippen LogP) is 1.11. The fourth-order valence-corrected chi connectivity index (χ4v) is 2.35. The number of carbonyl (C=O) groups is 1. The van der Waals surface area contributed by atoms with Gasteiger partial charge in [-0.05, 0) is 12.8 Å². The molecule has 17 heavy (non-hydrogen) atoms. The first kappa shape index (κ1) is 11.8. The second-order valence-corrected chi connectivity index (χ2v) is 4.36. The van der Waals surface area contributed by atoms with Crippen LogP contribution in [0.1, 0.15) is 48.6 Å². The van der Waals surface area contributed by atoms with Crippen LogP contribution in [0.15, 0.2) is 17.2 Å². The molecule has 0 saturated heterocycles. The third-order valence-electron chi connectivity index (χ3n) is 3.28. The van der Waals surface area contributed by atoms with Crippen LogP contribution in [0.3, 0.4) is 0 Å². The fourth-order valence-electron chi connectivity index (χ4n) is 2.35. The molecule has 1 fully saturated rings. The highest BCUT2D eigenvalue weighted by Crippen LogP contribution is 2.26. The van der Waals surface area contributed by atoms with Crippen LogP contribution in [-0.4, -0.2) is 22.5 Å². The molecular weight excluding hydrogens is 218 g/mol. The van der Waals surface area contributed by atoms with E-state index in [-0.39, 0.29) is 17.3 Å². The number of hydrogen-bond acceptors (Lipinski definition) is 3. The summed E-state index contributed by atoms with van der Waals surface area (Å²) in [6.07, 6.45) is 8.77. The van der Waals surface area contributed by atoms with Crippen molar-refractivity contribution in [2.24, 2.45) is 0 Å². The standard InChI is InChI=1S/C12H17N3O2/c1-13-11(16)10-12(17)15(8-7-14-10)9-5-3-2-4-6-9/h7-9H,2-6H2,1H3,(H,13,16). The molecule has 1 aromatic rings. The van der Waals surface area contributed by atoms with Crippen LogP contribution in [0.4, 0.5) is 0 Å². The Morgan fingerprint density at radius 2 is 2.12 bits per heavy atom. The first-order valence-corrected chi connectivity index (χ1v) is 6.03. The van der Waals surface area contributed by atoms with E-state index in [2.05, 4.69) is 10.3 Å². The highest BCUT2D eigenvalue weighted by molar-refractivity contribution is 5.91. The quantitative estimate of drug-likeness (QED) is 0.835. The van der Waals surface area contributed by atoms with Crippen LogP contribution >= 0.6 is 0 Å². The van der Waals surface area contributed by atoms with Crippen LogP contribution in [-0.2, 0) is 0 Å². The maximum atomic E-state index is 12.1. The largest absolute Gasteiger partial charge is 0.354 e. The molecule has 5 heteroatoms. The van der Waals surface area contributed by atoms with Gasteiger partial charge in [-0.3, -0.25) is 9.59 Å². The third kappa shape index (κ3) is 2.38. The SMILES string of the molecule is CNC(=O)c1nccn(C2CCCCC2)c1=O. The van der Waals surface area contributed by atoms with Crippen molar-refractivity contribution in [1.29, 1.82) is 0 Å². The Bertz CT molecular complexity index is 461. The Hall–Kier alpha value is -1.65. The zero-order chi connectivity index (χ0) is 12.3. The molecule has 92 valence electrons. The molecule has 0 unspecified atom stereocenters. The Morgan fingerprint density at radius 3 is 2.76 bits per heavy atom. The van der Waals surface area contributed by atoms with Gasteiger partial charge in [0.2, 0.25) is 0 Å². The van der Waals surface area contributed by atoms with Gasteiger partial charge in [-0.25, -0.2) is 4.98 Å². The second kappa shape index (κ2) is 5.12. The molecule has 0 radical (unpaired) electrons. The summed E-state index contributed by atoms with van der Waals surface area (Å²) in [7, 11) is 1.50. The molecule has 0 bridgehead atoms. The lowest BCUT2D eigenvalue weighted by Crippen LogP contribution is -2.34. The lowest BCUT2D eigenvalue weighted by atomic mass is 9.95. The van der Waals surface area contributed by atoms with Crippen LogP contribution < -0.4 is 10.9 Å². The number of nitrogens with one attached hydrogen (secondary N) is 1. The maximum Gasteiger partial charge on any atom is 0.282 e. The molecule has 1 saturated carbocycles. The minimum absolute atomic E-state index is 0.0134. The summed E-state index contributed by atoms with van der Waals surface area (Å²) >= 11 is 0. The molecule has 0 atom stereocenters. The van der Waals surface area contributed by atoms with E-state index in [9.17, 15) is 9.59 Å². The summed E-state index contributed by atoms with van der Waals surface area (Å²) in [5.74, 6) is -0.417. The van der Waals surface area contributed by atoms with Gasteiger partial charge in [0.1, 0.15) is 0 Å². The summed E-state index contributed by atoms with van der Waals surface area (Å²) in [6.45, 7) is 0. The highest BCUT2D eigenvalue weighted by atomic mass is 16.2. The minimum atomic E-state index is -0.417. The van der Waals surface area contributed by atoms with Crippen LogP contribution in [0.25, 0.3) is 0 Å². The minimum Gasteiger partial charge on any atom is -0.354 e. The summed E-state index contributed by atoms with van der Waals surface area (Å²) < 4.78 is 1.66. The summed E-state index contributed by atoms with van der Waals surface area (Å²) in [5, 5.41) is 2.44. The molecule has 5 nitrogen and oxygen atoms in total. The predicted molar refractivity (Wildman–Crippen MR) is 64.0 cm³/mol. The van der Waals surface area contributed by atoms with Gasteiger partial charge in [0.15, 0.2) is 5.69 Å². The summed E-state index contributed by atoms with van der Waals surface area (Å²) in [5.41, 5.74) is -0.292. The number of amides is 1. The van der Waals surface area contributed by atoms with E-state index in [0.29, 0.717) is 0 Å². The van der Waals surface area contributed by atoms with Crippen molar-refractivity contribution < 1.29 is 4.79 Å². The first-order valence-electron chi connectivity index (χ1n) is 6.03. The van der Waals surface area contributed by atoms with Crippen molar-refractivity contribution in [3.63, 3.8) is 0 Å². The summed E-state index contributed by atoms with van der Waals surface area (Å²) in [4.78, 5) is 27.4. The molecular formula is C12H17N3O2.